The Kier molecular flexibility index (Phi) is 3.35. The molecule has 14 heavy (non-hydrogen) atoms. The zero-order chi connectivity index (χ0) is 10.6. The minimum atomic E-state index is 0.469. The van der Waals surface area contributed by atoms with Gasteiger partial charge in [-0.25, -0.2) is 0 Å². The lowest BCUT2D eigenvalue weighted by molar-refractivity contribution is 0.549. The van der Waals surface area contributed by atoms with Gasteiger partial charge >= 0.3 is 0 Å². The summed E-state index contributed by atoms with van der Waals surface area (Å²) < 4.78 is 5.22. The minimum absolute atomic E-state index is 0.469. The van der Waals surface area contributed by atoms with E-state index in [1.807, 2.05) is 19.9 Å². The number of nitriles is 1. The van der Waals surface area contributed by atoms with Crippen LogP contribution < -0.4 is 5.73 Å². The Morgan fingerprint density at radius 1 is 1.64 bits per heavy atom. The molecule has 0 atom stereocenters. The number of aryl methyl sites for hydroxylation is 1. The summed E-state index contributed by atoms with van der Waals surface area (Å²) in [6.45, 7) is 3.92. The van der Waals surface area contributed by atoms with Crippen molar-refractivity contribution in [3.8, 4) is 6.07 Å². The summed E-state index contributed by atoms with van der Waals surface area (Å²) in [5.41, 5.74) is 7.88. The molecule has 0 saturated heterocycles. The van der Waals surface area contributed by atoms with Gasteiger partial charge in [0.15, 0.2) is 5.76 Å². The topological polar surface area (TPSA) is 63.0 Å². The average Bonchev–Trinajstić information content (AvgIpc) is 2.59. The van der Waals surface area contributed by atoms with Crippen LogP contribution in [0.2, 0.25) is 0 Å². The molecule has 0 aliphatic heterocycles. The van der Waals surface area contributed by atoms with Gasteiger partial charge in [-0.2, -0.15) is 5.26 Å². The molecule has 1 aromatic heterocycles. The maximum Gasteiger partial charge on any atom is 0.153 e. The summed E-state index contributed by atoms with van der Waals surface area (Å²) in [5, 5.41) is 8.89. The van der Waals surface area contributed by atoms with Crippen molar-refractivity contribution >= 4 is 5.70 Å². The van der Waals surface area contributed by atoms with Crippen LogP contribution in [-0.4, -0.2) is 0 Å². The van der Waals surface area contributed by atoms with E-state index in [1.54, 1.807) is 6.26 Å². The van der Waals surface area contributed by atoms with E-state index in [2.05, 4.69) is 6.07 Å². The van der Waals surface area contributed by atoms with Crippen LogP contribution >= 0.6 is 0 Å². The number of nitrogens with zero attached hydrogens (tertiary/aromatic N) is 1. The van der Waals surface area contributed by atoms with Crippen LogP contribution in [0.4, 0.5) is 0 Å². The summed E-state index contributed by atoms with van der Waals surface area (Å²) in [6.07, 6.45) is 3.18. The molecule has 3 nitrogen and oxygen atoms in total. The van der Waals surface area contributed by atoms with Gasteiger partial charge in [-0.1, -0.05) is 13.3 Å². The number of allylic oxidation sites excluding steroid dienone is 1. The van der Waals surface area contributed by atoms with Crippen molar-refractivity contribution in [1.29, 1.82) is 5.26 Å². The van der Waals surface area contributed by atoms with Crippen LogP contribution in [0.15, 0.2) is 22.3 Å². The lowest BCUT2D eigenvalue weighted by Gasteiger charge is -2.02. The molecule has 0 aromatic carbocycles. The number of rotatable bonds is 3. The lowest BCUT2D eigenvalue weighted by atomic mass is 10.1. The highest BCUT2D eigenvalue weighted by molar-refractivity contribution is 5.67. The second kappa shape index (κ2) is 4.52. The van der Waals surface area contributed by atoms with Gasteiger partial charge in [-0.15, -0.1) is 0 Å². The Labute approximate surface area is 83.8 Å². The van der Waals surface area contributed by atoms with E-state index in [0.717, 1.165) is 12.0 Å². The molecule has 3 heteroatoms. The summed E-state index contributed by atoms with van der Waals surface area (Å²) >= 11 is 0. The molecule has 0 aliphatic rings. The van der Waals surface area contributed by atoms with Crippen molar-refractivity contribution in [2.45, 2.75) is 26.7 Å². The van der Waals surface area contributed by atoms with Crippen LogP contribution in [0, 0.1) is 18.3 Å². The Morgan fingerprint density at radius 3 is 2.79 bits per heavy atom. The van der Waals surface area contributed by atoms with Crippen LogP contribution in [0.5, 0.6) is 0 Å². The third kappa shape index (κ3) is 1.97. The van der Waals surface area contributed by atoms with E-state index in [1.165, 1.54) is 0 Å². The van der Waals surface area contributed by atoms with Crippen molar-refractivity contribution in [3.63, 3.8) is 0 Å². The molecule has 0 spiro atoms. The zero-order valence-electron chi connectivity index (χ0n) is 8.50. The first-order chi connectivity index (χ1) is 6.70. The van der Waals surface area contributed by atoms with Gasteiger partial charge in [0.25, 0.3) is 0 Å². The largest absolute Gasteiger partial charge is 0.463 e. The zero-order valence-corrected chi connectivity index (χ0v) is 8.50. The van der Waals surface area contributed by atoms with Gasteiger partial charge in [0.05, 0.1) is 23.6 Å². The predicted molar refractivity (Wildman–Crippen MR) is 55.1 cm³/mol. The smallest absolute Gasteiger partial charge is 0.153 e. The summed E-state index contributed by atoms with van der Waals surface area (Å²) in [6, 6.07) is 3.95. The Bertz CT molecular complexity index is 382. The molecule has 1 rings (SSSR count). The normalized spacial score (nSPS) is 12.1. The molecule has 1 heterocycles. The average molecular weight is 190 g/mol. The lowest BCUT2D eigenvalue weighted by Crippen LogP contribution is -2.01. The fraction of sp³-hybridized carbons (Fsp3) is 0.364. The maximum absolute atomic E-state index is 8.89. The number of furan rings is 1. The van der Waals surface area contributed by atoms with E-state index < -0.39 is 0 Å². The molecule has 74 valence electrons. The van der Waals surface area contributed by atoms with E-state index in [0.29, 0.717) is 23.5 Å². The van der Waals surface area contributed by atoms with Crippen molar-refractivity contribution < 1.29 is 4.42 Å². The summed E-state index contributed by atoms with van der Waals surface area (Å²) in [5.74, 6) is 0.620. The van der Waals surface area contributed by atoms with Gasteiger partial charge in [-0.05, 0) is 25.0 Å². The Hall–Kier alpha value is -1.69. The van der Waals surface area contributed by atoms with Crippen LogP contribution in [0.3, 0.4) is 0 Å². The molecule has 0 unspecified atom stereocenters. The van der Waals surface area contributed by atoms with E-state index in [-0.39, 0.29) is 0 Å². The van der Waals surface area contributed by atoms with Crippen molar-refractivity contribution in [2.75, 3.05) is 0 Å². The molecular weight excluding hydrogens is 176 g/mol. The highest BCUT2D eigenvalue weighted by Crippen LogP contribution is 2.20. The monoisotopic (exact) mass is 190 g/mol. The van der Waals surface area contributed by atoms with Gasteiger partial charge < -0.3 is 10.2 Å². The van der Waals surface area contributed by atoms with Crippen LogP contribution in [0.1, 0.15) is 31.1 Å². The number of hydrogen-bond acceptors (Lipinski definition) is 3. The van der Waals surface area contributed by atoms with Crippen molar-refractivity contribution in [2.24, 2.45) is 5.73 Å². The van der Waals surface area contributed by atoms with Gasteiger partial charge in [0.1, 0.15) is 0 Å². The Morgan fingerprint density at radius 2 is 2.36 bits per heavy atom. The second-order valence-electron chi connectivity index (χ2n) is 3.19. The summed E-state index contributed by atoms with van der Waals surface area (Å²) in [7, 11) is 0. The van der Waals surface area contributed by atoms with Gasteiger partial charge in [-0.3, -0.25) is 0 Å². The quantitative estimate of drug-likeness (QED) is 0.745. The molecule has 0 fully saturated rings. The third-order valence-corrected chi connectivity index (χ3v) is 2.07. The van der Waals surface area contributed by atoms with E-state index in [9.17, 15) is 0 Å². The first kappa shape index (κ1) is 10.4. The first-order valence-electron chi connectivity index (χ1n) is 4.63. The molecule has 0 amide bonds. The summed E-state index contributed by atoms with van der Waals surface area (Å²) in [4.78, 5) is 0. The fourth-order valence-corrected chi connectivity index (χ4v) is 1.29. The number of nitrogens with two attached hydrogens (primary N) is 1. The van der Waals surface area contributed by atoms with Crippen LogP contribution in [0.25, 0.3) is 5.70 Å². The molecule has 2 N–H and O–H groups in total. The SMILES string of the molecule is CCC/C(C#N)=C(/N)c1occc1C. The van der Waals surface area contributed by atoms with E-state index in [4.69, 9.17) is 15.4 Å². The van der Waals surface area contributed by atoms with Crippen molar-refractivity contribution in [3.05, 3.63) is 29.2 Å². The standard InChI is InChI=1S/C11H14N2O/c1-3-4-9(7-12)10(13)11-8(2)5-6-14-11/h5-6H,3-4,13H2,1-2H3/b10-9-. The van der Waals surface area contributed by atoms with Crippen LogP contribution in [-0.2, 0) is 0 Å². The van der Waals surface area contributed by atoms with E-state index >= 15 is 0 Å². The predicted octanol–water partition coefficient (Wildman–Crippen LogP) is 2.58. The van der Waals surface area contributed by atoms with Gasteiger partial charge in [0, 0.05) is 0 Å². The molecule has 0 saturated carbocycles. The fourth-order valence-electron chi connectivity index (χ4n) is 1.29. The molecule has 1 aromatic rings. The molecule has 0 radical (unpaired) electrons. The third-order valence-electron chi connectivity index (χ3n) is 2.07. The second-order valence-corrected chi connectivity index (χ2v) is 3.19. The highest BCUT2D eigenvalue weighted by atomic mass is 16.3. The Balaban J connectivity index is 3.09. The highest BCUT2D eigenvalue weighted by Gasteiger charge is 2.10. The molecular formula is C11H14N2O. The van der Waals surface area contributed by atoms with Gasteiger partial charge in [0.2, 0.25) is 0 Å². The minimum Gasteiger partial charge on any atom is -0.463 e. The number of hydrogen-bond donors (Lipinski definition) is 1. The molecule has 0 aliphatic carbocycles. The van der Waals surface area contributed by atoms with Crippen molar-refractivity contribution in [1.82, 2.24) is 0 Å². The maximum atomic E-state index is 8.89. The first-order valence-corrected chi connectivity index (χ1v) is 4.63. The molecule has 0 bridgehead atoms.